The van der Waals surface area contributed by atoms with E-state index in [0.717, 1.165) is 37.4 Å². The number of pyridine rings is 1. The van der Waals surface area contributed by atoms with E-state index in [2.05, 4.69) is 50.1 Å². The Morgan fingerprint density at radius 3 is 2.89 bits per heavy atom. The molecule has 5 heterocycles. The standard InChI is InChI=1S/C28H36N6O/c1-6-20(2)21(3)17-34-22(4)8-10-24(30-34)25-16-27(35)33-18-23(9-11-26(33)29-25)31-14-15-32-13-7-12-28(32,5)19-31/h8-11,16-18,20H,4,6-7,12-15,19H2,1-3,5H3/b21-17-/t20?,28-/m1/s1. The first-order valence-electron chi connectivity index (χ1n) is 12.7. The van der Waals surface area contributed by atoms with Crippen molar-refractivity contribution < 1.29 is 0 Å². The first-order valence-corrected chi connectivity index (χ1v) is 12.7. The molecular formula is C28H36N6O. The van der Waals surface area contributed by atoms with E-state index in [9.17, 15) is 4.79 Å². The first-order chi connectivity index (χ1) is 16.8. The Balaban J connectivity index is 1.44. The number of allylic oxidation sites excluding steroid dienone is 3. The third-order valence-electron chi connectivity index (χ3n) is 8.01. The molecule has 2 fully saturated rings. The van der Waals surface area contributed by atoms with Crippen LogP contribution in [0, 0.1) is 5.92 Å². The summed E-state index contributed by atoms with van der Waals surface area (Å²) >= 11 is 0. The van der Waals surface area contributed by atoms with Crippen LogP contribution in [0.4, 0.5) is 5.69 Å². The van der Waals surface area contributed by atoms with Gasteiger partial charge in [0.15, 0.2) is 0 Å². The number of hydrogen-bond donors (Lipinski definition) is 0. The van der Waals surface area contributed by atoms with E-state index in [1.165, 1.54) is 25.0 Å². The minimum absolute atomic E-state index is 0.101. The summed E-state index contributed by atoms with van der Waals surface area (Å²) in [5.41, 5.74) is 5.07. The maximum absolute atomic E-state index is 13.1. The molecule has 7 nitrogen and oxygen atoms in total. The van der Waals surface area contributed by atoms with Gasteiger partial charge in [0.25, 0.3) is 5.56 Å². The minimum Gasteiger partial charge on any atom is -0.367 e. The van der Waals surface area contributed by atoms with Crippen LogP contribution in [0.1, 0.15) is 52.7 Å². The lowest BCUT2D eigenvalue weighted by atomic mass is 9.95. The number of anilines is 1. The van der Waals surface area contributed by atoms with Crippen LogP contribution in [0.5, 0.6) is 0 Å². The molecule has 2 saturated heterocycles. The fraction of sp³-hybridized carbons (Fsp3) is 0.464. The Bertz CT molecular complexity index is 1300. The molecule has 184 valence electrons. The van der Waals surface area contributed by atoms with Crippen molar-refractivity contribution in [3.05, 3.63) is 76.6 Å². The van der Waals surface area contributed by atoms with Crippen molar-refractivity contribution >= 4 is 17.0 Å². The zero-order valence-electron chi connectivity index (χ0n) is 21.4. The quantitative estimate of drug-likeness (QED) is 0.645. The summed E-state index contributed by atoms with van der Waals surface area (Å²) in [7, 11) is 0. The molecule has 0 aliphatic carbocycles. The molecule has 0 amide bonds. The molecular weight excluding hydrogens is 436 g/mol. The summed E-state index contributed by atoms with van der Waals surface area (Å²) in [5.74, 6) is 0.462. The molecule has 2 aromatic rings. The van der Waals surface area contributed by atoms with Crippen LogP contribution in [0.15, 0.2) is 70.5 Å². The lowest BCUT2D eigenvalue weighted by molar-refractivity contribution is 0.138. The summed E-state index contributed by atoms with van der Waals surface area (Å²) in [6, 6.07) is 5.61. The molecule has 7 heteroatoms. The number of aromatic nitrogens is 2. The van der Waals surface area contributed by atoms with Crippen LogP contribution in [-0.4, -0.2) is 56.7 Å². The smallest absolute Gasteiger partial charge is 0.258 e. The van der Waals surface area contributed by atoms with Crippen molar-refractivity contribution in [1.82, 2.24) is 19.3 Å². The van der Waals surface area contributed by atoms with Gasteiger partial charge in [0.05, 0.1) is 17.1 Å². The minimum atomic E-state index is -0.101. The predicted molar refractivity (Wildman–Crippen MR) is 143 cm³/mol. The normalized spacial score (nSPS) is 24.2. The Kier molecular flexibility index (Phi) is 6.13. The van der Waals surface area contributed by atoms with Gasteiger partial charge in [-0.3, -0.25) is 14.1 Å². The third-order valence-corrected chi connectivity index (χ3v) is 8.01. The Hall–Kier alpha value is -3.19. The van der Waals surface area contributed by atoms with Gasteiger partial charge in [0.2, 0.25) is 0 Å². The van der Waals surface area contributed by atoms with Gasteiger partial charge < -0.3 is 4.90 Å². The van der Waals surface area contributed by atoms with Gasteiger partial charge in [-0.25, -0.2) is 9.99 Å². The van der Waals surface area contributed by atoms with E-state index in [1.807, 2.05) is 30.6 Å². The molecule has 3 aliphatic rings. The van der Waals surface area contributed by atoms with Crippen molar-refractivity contribution in [2.75, 3.05) is 31.1 Å². The van der Waals surface area contributed by atoms with Crippen molar-refractivity contribution in [2.24, 2.45) is 11.0 Å². The van der Waals surface area contributed by atoms with Gasteiger partial charge in [0.1, 0.15) is 11.4 Å². The van der Waals surface area contributed by atoms with E-state index >= 15 is 0 Å². The van der Waals surface area contributed by atoms with Gasteiger partial charge in [-0.1, -0.05) is 26.0 Å². The average molecular weight is 473 g/mol. The average Bonchev–Trinajstić information content (AvgIpc) is 3.25. The molecule has 0 bridgehead atoms. The largest absolute Gasteiger partial charge is 0.367 e. The molecule has 2 atom stereocenters. The zero-order chi connectivity index (χ0) is 24.7. The molecule has 0 aromatic carbocycles. The highest BCUT2D eigenvalue weighted by Gasteiger charge is 2.41. The molecule has 3 aliphatic heterocycles. The number of rotatable bonds is 5. The summed E-state index contributed by atoms with van der Waals surface area (Å²) < 4.78 is 1.65. The Labute approximate surface area is 207 Å². The maximum Gasteiger partial charge on any atom is 0.258 e. The van der Waals surface area contributed by atoms with Crippen LogP contribution in [0.25, 0.3) is 5.65 Å². The van der Waals surface area contributed by atoms with Gasteiger partial charge >= 0.3 is 0 Å². The number of nitrogens with zero attached hydrogens (tertiary/aromatic N) is 6. The lowest BCUT2D eigenvalue weighted by Gasteiger charge is -2.46. The molecule has 0 radical (unpaired) electrons. The van der Waals surface area contributed by atoms with E-state index in [4.69, 9.17) is 10.1 Å². The summed E-state index contributed by atoms with van der Waals surface area (Å²) in [4.78, 5) is 22.9. The van der Waals surface area contributed by atoms with Gasteiger partial charge in [0, 0.05) is 43.6 Å². The zero-order valence-corrected chi connectivity index (χ0v) is 21.4. The fourth-order valence-electron chi connectivity index (χ4n) is 5.36. The third kappa shape index (κ3) is 4.45. The van der Waals surface area contributed by atoms with E-state index in [1.54, 1.807) is 15.5 Å². The second kappa shape index (κ2) is 9.11. The van der Waals surface area contributed by atoms with Crippen molar-refractivity contribution in [2.45, 2.75) is 52.5 Å². The number of hydrogen-bond acceptors (Lipinski definition) is 6. The molecule has 0 saturated carbocycles. The van der Waals surface area contributed by atoms with Crippen molar-refractivity contribution in [3.8, 4) is 0 Å². The van der Waals surface area contributed by atoms with E-state index in [-0.39, 0.29) is 11.1 Å². The topological polar surface area (TPSA) is 56.5 Å². The van der Waals surface area contributed by atoms with Crippen LogP contribution in [0.2, 0.25) is 0 Å². The molecule has 2 aromatic heterocycles. The lowest BCUT2D eigenvalue weighted by Crippen LogP contribution is -2.57. The van der Waals surface area contributed by atoms with Gasteiger partial charge in [-0.2, -0.15) is 5.10 Å². The fourth-order valence-corrected chi connectivity index (χ4v) is 5.36. The number of fused-ring (bicyclic) bond motifs is 2. The van der Waals surface area contributed by atoms with Crippen LogP contribution >= 0.6 is 0 Å². The second-order valence-electron chi connectivity index (χ2n) is 10.4. The molecule has 5 rings (SSSR count). The Morgan fingerprint density at radius 2 is 2.09 bits per heavy atom. The van der Waals surface area contributed by atoms with Crippen molar-refractivity contribution in [1.29, 1.82) is 0 Å². The highest BCUT2D eigenvalue weighted by atomic mass is 16.1. The number of piperazine rings is 1. The Morgan fingerprint density at radius 1 is 1.26 bits per heavy atom. The second-order valence-corrected chi connectivity index (χ2v) is 10.4. The summed E-state index contributed by atoms with van der Waals surface area (Å²) in [6.45, 7) is 17.2. The van der Waals surface area contributed by atoms with Crippen LogP contribution in [-0.2, 0) is 0 Å². The number of hydrazone groups is 1. The predicted octanol–water partition coefficient (Wildman–Crippen LogP) is 4.41. The molecule has 0 N–H and O–H groups in total. The van der Waals surface area contributed by atoms with E-state index in [0.29, 0.717) is 23.0 Å². The highest BCUT2D eigenvalue weighted by molar-refractivity contribution is 6.08. The maximum atomic E-state index is 13.1. The van der Waals surface area contributed by atoms with Gasteiger partial charge in [-0.15, -0.1) is 0 Å². The van der Waals surface area contributed by atoms with Crippen molar-refractivity contribution in [3.63, 3.8) is 0 Å². The summed E-state index contributed by atoms with van der Waals surface area (Å²) in [5, 5.41) is 6.52. The van der Waals surface area contributed by atoms with Gasteiger partial charge in [-0.05, 0) is 69.9 Å². The highest BCUT2D eigenvalue weighted by Crippen LogP contribution is 2.34. The molecule has 0 spiro atoms. The molecule has 35 heavy (non-hydrogen) atoms. The van der Waals surface area contributed by atoms with Crippen LogP contribution in [0.3, 0.4) is 0 Å². The first kappa shape index (κ1) is 23.5. The van der Waals surface area contributed by atoms with Crippen LogP contribution < -0.4 is 10.5 Å². The SMILES string of the molecule is C=C1C=CC(c2cc(=O)n3cc(N4CCN5CCC[C@]5(C)C4)ccc3n2)=NN1/C=C(/C)C(C)CC. The monoisotopic (exact) mass is 472 g/mol. The van der Waals surface area contributed by atoms with E-state index < -0.39 is 0 Å². The molecule has 1 unspecified atom stereocenters. The summed E-state index contributed by atoms with van der Waals surface area (Å²) in [6.07, 6.45) is 11.3.